The fourth-order valence-electron chi connectivity index (χ4n) is 2.93. The number of nitrogens with one attached hydrogen (secondary N) is 1. The first kappa shape index (κ1) is 17.7. The van der Waals surface area contributed by atoms with Gasteiger partial charge in [0.1, 0.15) is 11.5 Å². The number of methoxy groups -OCH3 is 1. The molecule has 0 spiro atoms. The maximum atomic E-state index is 11.3. The van der Waals surface area contributed by atoms with Crippen molar-refractivity contribution in [2.75, 3.05) is 13.7 Å². The molecule has 2 aromatic heterocycles. The number of H-pyrrole nitrogens is 1. The van der Waals surface area contributed by atoms with Gasteiger partial charge in [-0.1, -0.05) is 0 Å². The van der Waals surface area contributed by atoms with Gasteiger partial charge in [-0.2, -0.15) is 4.68 Å². The highest BCUT2D eigenvalue weighted by Gasteiger charge is 2.08. The van der Waals surface area contributed by atoms with E-state index in [1.165, 1.54) is 6.07 Å². The lowest BCUT2D eigenvalue weighted by molar-refractivity contribution is 0.310. The van der Waals surface area contributed by atoms with Crippen molar-refractivity contribution < 1.29 is 9.47 Å². The maximum absolute atomic E-state index is 11.3. The Morgan fingerprint density at radius 1 is 1.04 bits per heavy atom. The average molecular weight is 377 g/mol. The molecule has 0 saturated heterocycles. The van der Waals surface area contributed by atoms with Gasteiger partial charge in [0.15, 0.2) is 5.82 Å². The fraction of sp³-hybridized carbons (Fsp3) is 0.200. The second-order valence-electron chi connectivity index (χ2n) is 6.23. The van der Waals surface area contributed by atoms with Crippen LogP contribution in [0.15, 0.2) is 59.4 Å². The predicted octanol–water partition coefficient (Wildman–Crippen LogP) is 2.52. The van der Waals surface area contributed by atoms with E-state index in [1.807, 2.05) is 42.5 Å². The SMILES string of the molecule is COc1ccc(-n2nnnc2CCCOc2ccc3[nH]c(=O)ccc3c2)cc1. The molecule has 0 aliphatic heterocycles. The minimum Gasteiger partial charge on any atom is -0.497 e. The molecule has 8 nitrogen and oxygen atoms in total. The van der Waals surface area contributed by atoms with Crippen LogP contribution in [-0.4, -0.2) is 38.9 Å². The Morgan fingerprint density at radius 2 is 1.86 bits per heavy atom. The second kappa shape index (κ2) is 7.91. The number of aryl methyl sites for hydroxylation is 1. The molecule has 1 N–H and O–H groups in total. The normalized spacial score (nSPS) is 10.9. The summed E-state index contributed by atoms with van der Waals surface area (Å²) in [7, 11) is 1.63. The van der Waals surface area contributed by atoms with Crippen molar-refractivity contribution in [3.05, 3.63) is 70.8 Å². The van der Waals surface area contributed by atoms with Crippen molar-refractivity contribution >= 4 is 10.9 Å². The van der Waals surface area contributed by atoms with Crippen LogP contribution in [0.4, 0.5) is 0 Å². The van der Waals surface area contributed by atoms with E-state index in [4.69, 9.17) is 9.47 Å². The molecule has 142 valence electrons. The molecule has 0 radical (unpaired) electrons. The largest absolute Gasteiger partial charge is 0.497 e. The monoisotopic (exact) mass is 377 g/mol. The summed E-state index contributed by atoms with van der Waals surface area (Å²) in [4.78, 5) is 14.1. The summed E-state index contributed by atoms with van der Waals surface area (Å²) in [6.07, 6.45) is 1.44. The first-order chi connectivity index (χ1) is 13.7. The number of pyridine rings is 1. The highest BCUT2D eigenvalue weighted by molar-refractivity contribution is 5.79. The molecule has 0 amide bonds. The molecule has 0 aliphatic rings. The van der Waals surface area contributed by atoms with Crippen LogP contribution in [0.2, 0.25) is 0 Å². The Hall–Kier alpha value is -3.68. The van der Waals surface area contributed by atoms with Crippen molar-refractivity contribution in [3.63, 3.8) is 0 Å². The summed E-state index contributed by atoms with van der Waals surface area (Å²) in [6.45, 7) is 0.532. The number of benzene rings is 2. The summed E-state index contributed by atoms with van der Waals surface area (Å²) in [6, 6.07) is 16.5. The van der Waals surface area contributed by atoms with E-state index in [9.17, 15) is 4.79 Å². The number of aromatic amines is 1. The number of nitrogens with zero attached hydrogens (tertiary/aromatic N) is 4. The van der Waals surface area contributed by atoms with Crippen molar-refractivity contribution in [2.45, 2.75) is 12.8 Å². The minimum atomic E-state index is -0.115. The summed E-state index contributed by atoms with van der Waals surface area (Å²) in [5.41, 5.74) is 1.56. The molecule has 28 heavy (non-hydrogen) atoms. The van der Waals surface area contributed by atoms with Crippen LogP contribution >= 0.6 is 0 Å². The summed E-state index contributed by atoms with van der Waals surface area (Å²) in [5.74, 6) is 2.31. The zero-order valence-corrected chi connectivity index (χ0v) is 15.3. The predicted molar refractivity (Wildman–Crippen MR) is 104 cm³/mol. The summed E-state index contributed by atoms with van der Waals surface area (Å²) >= 11 is 0. The zero-order chi connectivity index (χ0) is 19.3. The third-order valence-corrected chi connectivity index (χ3v) is 4.36. The van der Waals surface area contributed by atoms with Crippen LogP contribution in [-0.2, 0) is 6.42 Å². The van der Waals surface area contributed by atoms with Crippen molar-refractivity contribution in [3.8, 4) is 17.2 Å². The molecule has 0 aliphatic carbocycles. The number of tetrazole rings is 1. The molecule has 4 aromatic rings. The number of hydrogen-bond donors (Lipinski definition) is 1. The lowest BCUT2D eigenvalue weighted by Gasteiger charge is -2.08. The average Bonchev–Trinajstić information content (AvgIpc) is 3.20. The van der Waals surface area contributed by atoms with Gasteiger partial charge in [0, 0.05) is 23.4 Å². The number of aromatic nitrogens is 5. The molecule has 0 saturated carbocycles. The molecule has 2 heterocycles. The standard InChI is InChI=1S/C20H19N5O3/c1-27-16-7-5-15(6-8-16)25-19(22-23-24-25)3-2-12-28-17-9-10-18-14(13-17)4-11-20(26)21-18/h4-11,13H,2-3,12H2,1H3,(H,21,26). The zero-order valence-electron chi connectivity index (χ0n) is 15.3. The van der Waals surface area contributed by atoms with Crippen LogP contribution < -0.4 is 15.0 Å². The number of rotatable bonds is 7. The summed E-state index contributed by atoms with van der Waals surface area (Å²) < 4.78 is 12.7. The smallest absolute Gasteiger partial charge is 0.248 e. The fourth-order valence-corrected chi connectivity index (χ4v) is 2.93. The Kier molecular flexibility index (Phi) is 5.01. The van der Waals surface area contributed by atoms with Crippen LogP contribution in [0.5, 0.6) is 11.5 Å². The van der Waals surface area contributed by atoms with Crippen LogP contribution in [0.3, 0.4) is 0 Å². The number of ether oxygens (including phenoxy) is 2. The van der Waals surface area contributed by atoms with E-state index in [1.54, 1.807) is 17.9 Å². The Labute approximate surface area is 160 Å². The highest BCUT2D eigenvalue weighted by Crippen LogP contribution is 2.19. The van der Waals surface area contributed by atoms with Gasteiger partial charge >= 0.3 is 0 Å². The Bertz CT molecular complexity index is 1130. The van der Waals surface area contributed by atoms with Crippen molar-refractivity contribution in [1.29, 1.82) is 0 Å². The van der Waals surface area contributed by atoms with Gasteiger partial charge in [-0.25, -0.2) is 0 Å². The van der Waals surface area contributed by atoms with Gasteiger partial charge in [-0.05, 0) is 65.4 Å². The molecular weight excluding hydrogens is 358 g/mol. The molecule has 2 aromatic carbocycles. The Morgan fingerprint density at radius 3 is 2.68 bits per heavy atom. The van der Waals surface area contributed by atoms with E-state index >= 15 is 0 Å². The molecule has 4 rings (SSSR count). The van der Waals surface area contributed by atoms with E-state index in [-0.39, 0.29) is 5.56 Å². The molecule has 0 unspecified atom stereocenters. The number of fused-ring (bicyclic) bond motifs is 1. The van der Waals surface area contributed by atoms with Crippen LogP contribution in [0.1, 0.15) is 12.2 Å². The quantitative estimate of drug-likeness (QED) is 0.497. The Balaban J connectivity index is 1.36. The van der Waals surface area contributed by atoms with E-state index in [0.717, 1.165) is 40.3 Å². The molecule has 8 heteroatoms. The topological polar surface area (TPSA) is 94.9 Å². The second-order valence-corrected chi connectivity index (χ2v) is 6.23. The van der Waals surface area contributed by atoms with Crippen molar-refractivity contribution in [2.24, 2.45) is 0 Å². The minimum absolute atomic E-state index is 0.115. The van der Waals surface area contributed by atoms with E-state index in [0.29, 0.717) is 13.0 Å². The van der Waals surface area contributed by atoms with Gasteiger partial charge in [-0.15, -0.1) is 5.10 Å². The van der Waals surface area contributed by atoms with Gasteiger partial charge in [0.2, 0.25) is 5.56 Å². The van der Waals surface area contributed by atoms with Gasteiger partial charge in [0.05, 0.1) is 19.4 Å². The highest BCUT2D eigenvalue weighted by atomic mass is 16.5. The lowest BCUT2D eigenvalue weighted by atomic mass is 10.2. The van der Waals surface area contributed by atoms with Crippen LogP contribution in [0.25, 0.3) is 16.6 Å². The summed E-state index contributed by atoms with van der Waals surface area (Å²) in [5, 5.41) is 12.9. The molecule has 0 atom stereocenters. The van der Waals surface area contributed by atoms with Gasteiger partial charge in [0.25, 0.3) is 0 Å². The molecule has 0 fully saturated rings. The maximum Gasteiger partial charge on any atom is 0.248 e. The van der Waals surface area contributed by atoms with Crippen molar-refractivity contribution in [1.82, 2.24) is 25.2 Å². The first-order valence-electron chi connectivity index (χ1n) is 8.90. The number of hydrogen-bond acceptors (Lipinski definition) is 6. The van der Waals surface area contributed by atoms with Crippen LogP contribution in [0, 0.1) is 0 Å². The third kappa shape index (κ3) is 3.85. The van der Waals surface area contributed by atoms with E-state index in [2.05, 4.69) is 20.5 Å². The van der Waals surface area contributed by atoms with Gasteiger partial charge < -0.3 is 14.5 Å². The van der Waals surface area contributed by atoms with E-state index < -0.39 is 0 Å². The first-order valence-corrected chi connectivity index (χ1v) is 8.90. The van der Waals surface area contributed by atoms with Gasteiger partial charge in [-0.3, -0.25) is 4.79 Å². The third-order valence-electron chi connectivity index (χ3n) is 4.36. The lowest BCUT2D eigenvalue weighted by Crippen LogP contribution is -2.06. The molecule has 0 bridgehead atoms. The molecular formula is C20H19N5O3.